The molecule has 0 spiro atoms. The van der Waals surface area contributed by atoms with E-state index in [1.807, 2.05) is 5.32 Å². The predicted octanol–water partition coefficient (Wildman–Crippen LogP) is -1.91. The average Bonchev–Trinajstić information content (AvgIpc) is 1.85. The van der Waals surface area contributed by atoms with Gasteiger partial charge in [-0.3, -0.25) is 9.59 Å². The molecule has 0 aromatic heterocycles. The summed E-state index contributed by atoms with van der Waals surface area (Å²) in [7, 11) is 0. The number of nitrogens with two attached hydrogens (primary N) is 1. The number of primary amides is 1. The van der Waals surface area contributed by atoms with Gasteiger partial charge in [0.2, 0.25) is 11.8 Å². The lowest BCUT2D eigenvalue weighted by molar-refractivity contribution is -0.118. The van der Waals surface area contributed by atoms with Crippen LogP contribution in [0.2, 0.25) is 0 Å². The van der Waals surface area contributed by atoms with Crippen LogP contribution in [0.1, 0.15) is 0 Å². The SMILES string of the molecule is NC(=O)/C=C/C(=O)NCO. The lowest BCUT2D eigenvalue weighted by Crippen LogP contribution is -2.22. The summed E-state index contributed by atoms with van der Waals surface area (Å²) in [5, 5.41) is 10.1. The zero-order valence-corrected chi connectivity index (χ0v) is 5.20. The zero-order chi connectivity index (χ0) is 7.98. The summed E-state index contributed by atoms with van der Waals surface area (Å²) < 4.78 is 0. The monoisotopic (exact) mass is 144 g/mol. The molecule has 0 aromatic carbocycles. The molecule has 0 aliphatic carbocycles. The van der Waals surface area contributed by atoms with Crippen LogP contribution < -0.4 is 11.1 Å². The number of hydrogen-bond acceptors (Lipinski definition) is 3. The van der Waals surface area contributed by atoms with Crippen LogP contribution in [0, 0.1) is 0 Å². The van der Waals surface area contributed by atoms with E-state index in [0.29, 0.717) is 0 Å². The standard InChI is InChI=1S/C5H8N2O3/c6-4(9)1-2-5(10)7-3-8/h1-2,8H,3H2,(H2,6,9)(H,7,10)/b2-1+. The number of rotatable bonds is 3. The van der Waals surface area contributed by atoms with Crippen molar-refractivity contribution in [1.29, 1.82) is 0 Å². The van der Waals surface area contributed by atoms with E-state index in [4.69, 9.17) is 5.11 Å². The minimum Gasteiger partial charge on any atom is -0.376 e. The van der Waals surface area contributed by atoms with Crippen molar-refractivity contribution in [2.45, 2.75) is 0 Å². The molecule has 5 nitrogen and oxygen atoms in total. The molecule has 0 radical (unpaired) electrons. The average molecular weight is 144 g/mol. The molecule has 56 valence electrons. The molecule has 0 heterocycles. The molecule has 0 aliphatic rings. The fraction of sp³-hybridized carbons (Fsp3) is 0.200. The number of aliphatic hydroxyl groups is 1. The van der Waals surface area contributed by atoms with Gasteiger partial charge < -0.3 is 16.2 Å². The lowest BCUT2D eigenvalue weighted by atomic mass is 10.4. The van der Waals surface area contributed by atoms with Gasteiger partial charge in [0.1, 0.15) is 6.73 Å². The van der Waals surface area contributed by atoms with Crippen LogP contribution >= 0.6 is 0 Å². The van der Waals surface area contributed by atoms with E-state index in [1.54, 1.807) is 0 Å². The predicted molar refractivity (Wildman–Crippen MR) is 33.6 cm³/mol. The molecular formula is C5H8N2O3. The summed E-state index contributed by atoms with van der Waals surface area (Å²) in [5.41, 5.74) is 4.67. The van der Waals surface area contributed by atoms with E-state index in [0.717, 1.165) is 12.2 Å². The molecule has 0 bridgehead atoms. The minimum atomic E-state index is -0.701. The Hall–Kier alpha value is -1.36. The van der Waals surface area contributed by atoms with Gasteiger partial charge in [-0.25, -0.2) is 0 Å². The Morgan fingerprint density at radius 2 is 2.10 bits per heavy atom. The number of hydrogen-bond donors (Lipinski definition) is 3. The maximum absolute atomic E-state index is 10.4. The second kappa shape index (κ2) is 4.51. The zero-order valence-electron chi connectivity index (χ0n) is 5.20. The van der Waals surface area contributed by atoms with Gasteiger partial charge in [-0.05, 0) is 0 Å². The first-order valence-electron chi connectivity index (χ1n) is 2.53. The maximum atomic E-state index is 10.4. The topological polar surface area (TPSA) is 92.4 Å². The third-order valence-electron chi connectivity index (χ3n) is 0.652. The molecule has 0 rings (SSSR count). The number of carbonyl (C=O) groups excluding carboxylic acids is 2. The fourth-order valence-corrected chi connectivity index (χ4v) is 0.295. The number of nitrogens with one attached hydrogen (secondary N) is 1. The Bertz CT molecular complexity index is 164. The van der Waals surface area contributed by atoms with Gasteiger partial charge in [-0.2, -0.15) is 0 Å². The first-order chi connectivity index (χ1) is 4.66. The molecular weight excluding hydrogens is 136 g/mol. The molecule has 0 fully saturated rings. The van der Waals surface area contributed by atoms with Crippen molar-refractivity contribution in [2.24, 2.45) is 5.73 Å². The molecule has 4 N–H and O–H groups in total. The highest BCUT2D eigenvalue weighted by atomic mass is 16.3. The van der Waals surface area contributed by atoms with E-state index < -0.39 is 18.5 Å². The Kier molecular flexibility index (Phi) is 3.90. The van der Waals surface area contributed by atoms with Crippen LogP contribution in [-0.2, 0) is 9.59 Å². The van der Waals surface area contributed by atoms with Crippen molar-refractivity contribution in [3.63, 3.8) is 0 Å². The molecule has 2 amide bonds. The summed E-state index contributed by atoms with van der Waals surface area (Å²) in [4.78, 5) is 20.4. The Morgan fingerprint density at radius 3 is 2.50 bits per heavy atom. The smallest absolute Gasteiger partial charge is 0.245 e. The van der Waals surface area contributed by atoms with E-state index in [2.05, 4.69) is 5.73 Å². The van der Waals surface area contributed by atoms with E-state index >= 15 is 0 Å². The van der Waals surface area contributed by atoms with Crippen LogP contribution in [0.5, 0.6) is 0 Å². The number of amides is 2. The van der Waals surface area contributed by atoms with Crippen molar-refractivity contribution < 1.29 is 14.7 Å². The van der Waals surface area contributed by atoms with Crippen LogP contribution in [0.4, 0.5) is 0 Å². The van der Waals surface area contributed by atoms with Crippen LogP contribution in [-0.4, -0.2) is 23.7 Å². The summed E-state index contributed by atoms with van der Waals surface area (Å²) in [6.45, 7) is -0.456. The van der Waals surface area contributed by atoms with Crippen molar-refractivity contribution >= 4 is 11.8 Å². The molecule has 0 aromatic rings. The number of aliphatic hydroxyl groups excluding tert-OH is 1. The maximum Gasteiger partial charge on any atom is 0.245 e. The van der Waals surface area contributed by atoms with Gasteiger partial charge >= 0.3 is 0 Å². The summed E-state index contributed by atoms with van der Waals surface area (Å²) in [6, 6.07) is 0. The van der Waals surface area contributed by atoms with E-state index in [1.165, 1.54) is 0 Å². The van der Waals surface area contributed by atoms with Gasteiger partial charge in [0.05, 0.1) is 0 Å². The van der Waals surface area contributed by atoms with Crippen LogP contribution in [0.25, 0.3) is 0 Å². The van der Waals surface area contributed by atoms with Gasteiger partial charge in [0, 0.05) is 12.2 Å². The highest BCUT2D eigenvalue weighted by Gasteiger charge is 1.91. The van der Waals surface area contributed by atoms with Gasteiger partial charge in [0.25, 0.3) is 0 Å². The van der Waals surface area contributed by atoms with E-state index in [9.17, 15) is 9.59 Å². The molecule has 5 heteroatoms. The molecule has 10 heavy (non-hydrogen) atoms. The lowest BCUT2D eigenvalue weighted by Gasteiger charge is -1.91. The first-order valence-corrected chi connectivity index (χ1v) is 2.53. The molecule has 0 aliphatic heterocycles. The van der Waals surface area contributed by atoms with Gasteiger partial charge in [0.15, 0.2) is 0 Å². The normalized spacial score (nSPS) is 9.70. The quantitative estimate of drug-likeness (QED) is 0.319. The molecule has 0 saturated heterocycles. The highest BCUT2D eigenvalue weighted by molar-refractivity contribution is 5.95. The second-order valence-electron chi connectivity index (χ2n) is 1.43. The summed E-state index contributed by atoms with van der Waals surface area (Å²) >= 11 is 0. The second-order valence-corrected chi connectivity index (χ2v) is 1.43. The largest absolute Gasteiger partial charge is 0.376 e. The Labute approximate surface area is 57.5 Å². The fourth-order valence-electron chi connectivity index (χ4n) is 0.295. The molecule has 0 atom stereocenters. The molecule has 0 unspecified atom stereocenters. The molecule has 0 saturated carbocycles. The van der Waals surface area contributed by atoms with Crippen LogP contribution in [0.15, 0.2) is 12.2 Å². The third kappa shape index (κ3) is 4.79. The van der Waals surface area contributed by atoms with Crippen molar-refractivity contribution in [2.75, 3.05) is 6.73 Å². The van der Waals surface area contributed by atoms with Gasteiger partial charge in [-0.1, -0.05) is 0 Å². The van der Waals surface area contributed by atoms with Gasteiger partial charge in [-0.15, -0.1) is 0 Å². The van der Waals surface area contributed by atoms with Crippen molar-refractivity contribution in [3.8, 4) is 0 Å². The van der Waals surface area contributed by atoms with E-state index in [-0.39, 0.29) is 0 Å². The van der Waals surface area contributed by atoms with Crippen molar-refractivity contribution in [1.82, 2.24) is 5.32 Å². The Morgan fingerprint density at radius 1 is 1.50 bits per heavy atom. The minimum absolute atomic E-state index is 0.456. The van der Waals surface area contributed by atoms with Crippen molar-refractivity contribution in [3.05, 3.63) is 12.2 Å². The van der Waals surface area contributed by atoms with Crippen LogP contribution in [0.3, 0.4) is 0 Å². The third-order valence-corrected chi connectivity index (χ3v) is 0.652. The summed E-state index contributed by atoms with van der Waals surface area (Å²) in [5.74, 6) is -1.26. The highest BCUT2D eigenvalue weighted by Crippen LogP contribution is 1.70. The number of carbonyl (C=O) groups is 2. The Balaban J connectivity index is 3.67. The first kappa shape index (κ1) is 8.64. The summed E-state index contributed by atoms with van der Waals surface area (Å²) in [6.07, 6.45) is 1.85.